The van der Waals surface area contributed by atoms with Crippen LogP contribution in [0.3, 0.4) is 0 Å². The zero-order valence-electron chi connectivity index (χ0n) is 14.9. The molecule has 26 heavy (non-hydrogen) atoms. The quantitative estimate of drug-likeness (QED) is 0.813. The van der Waals surface area contributed by atoms with Gasteiger partial charge in [-0.15, -0.1) is 0 Å². The van der Waals surface area contributed by atoms with Gasteiger partial charge in [-0.1, -0.05) is 48.5 Å². The van der Waals surface area contributed by atoms with E-state index >= 15 is 0 Å². The zero-order chi connectivity index (χ0) is 17.9. The Balaban J connectivity index is 1.42. The van der Waals surface area contributed by atoms with Gasteiger partial charge in [-0.2, -0.15) is 0 Å². The Morgan fingerprint density at radius 3 is 2.23 bits per heavy atom. The van der Waals surface area contributed by atoms with Crippen LogP contribution in [0.5, 0.6) is 0 Å². The van der Waals surface area contributed by atoms with Crippen molar-refractivity contribution in [2.45, 2.75) is 31.3 Å². The summed E-state index contributed by atoms with van der Waals surface area (Å²) in [5, 5.41) is 13.5. The van der Waals surface area contributed by atoms with Crippen molar-refractivity contribution in [3.05, 3.63) is 59.7 Å². The third-order valence-electron chi connectivity index (χ3n) is 5.64. The Labute approximate surface area is 154 Å². The highest BCUT2D eigenvalue weighted by molar-refractivity contribution is 5.79. The number of aliphatic hydroxyl groups excluding tert-OH is 1. The monoisotopic (exact) mass is 351 g/mol. The molecule has 2 N–H and O–H groups in total. The highest BCUT2D eigenvalue weighted by atomic mass is 16.5. The van der Waals surface area contributed by atoms with Crippen molar-refractivity contribution in [2.75, 3.05) is 19.7 Å². The third-order valence-corrected chi connectivity index (χ3v) is 5.64. The van der Waals surface area contributed by atoms with Gasteiger partial charge in [-0.25, -0.2) is 4.79 Å². The van der Waals surface area contributed by atoms with E-state index in [-0.39, 0.29) is 12.5 Å². The van der Waals surface area contributed by atoms with E-state index in [2.05, 4.69) is 29.6 Å². The lowest BCUT2D eigenvalue weighted by Crippen LogP contribution is -2.33. The van der Waals surface area contributed by atoms with Gasteiger partial charge in [-0.05, 0) is 60.5 Å². The predicted molar refractivity (Wildman–Crippen MR) is 101 cm³/mol. The maximum Gasteiger partial charge on any atom is 0.334 e. The average Bonchev–Trinajstić information content (AvgIpc) is 3.01. The van der Waals surface area contributed by atoms with Gasteiger partial charge in [0.1, 0.15) is 6.61 Å². The summed E-state index contributed by atoms with van der Waals surface area (Å²) in [4.78, 5) is 12.3. The molecule has 0 amide bonds. The maximum atomic E-state index is 12.3. The van der Waals surface area contributed by atoms with Crippen LogP contribution in [0.15, 0.2) is 48.5 Å². The lowest BCUT2D eigenvalue weighted by Gasteiger charge is -2.24. The zero-order valence-corrected chi connectivity index (χ0v) is 14.9. The van der Waals surface area contributed by atoms with Gasteiger partial charge in [0.2, 0.25) is 0 Å². The molecule has 0 spiro atoms. The van der Waals surface area contributed by atoms with Gasteiger partial charge in [0, 0.05) is 5.92 Å². The number of fused-ring (bicyclic) bond motifs is 3. The van der Waals surface area contributed by atoms with Gasteiger partial charge >= 0.3 is 5.97 Å². The number of hydrogen-bond donors (Lipinski definition) is 2. The van der Waals surface area contributed by atoms with Crippen LogP contribution in [0.1, 0.15) is 36.3 Å². The second-order valence-electron chi connectivity index (χ2n) is 7.30. The highest BCUT2D eigenvalue weighted by Gasteiger charge is 2.30. The molecule has 136 valence electrons. The van der Waals surface area contributed by atoms with Crippen molar-refractivity contribution in [1.82, 2.24) is 5.32 Å². The molecule has 1 aliphatic heterocycles. The Bertz CT molecular complexity index is 737. The largest absolute Gasteiger partial charge is 0.463 e. The summed E-state index contributed by atoms with van der Waals surface area (Å²) in [5.74, 6) is -0.0606. The normalized spacial score (nSPS) is 18.2. The molecule has 0 aromatic heterocycles. The summed E-state index contributed by atoms with van der Waals surface area (Å²) in [7, 11) is 0. The number of carbonyl (C=O) groups is 1. The Morgan fingerprint density at radius 2 is 1.62 bits per heavy atom. The number of ether oxygens (including phenoxy) is 1. The van der Waals surface area contributed by atoms with Crippen molar-refractivity contribution < 1.29 is 14.6 Å². The number of esters is 1. The van der Waals surface area contributed by atoms with E-state index in [1.165, 1.54) is 22.3 Å². The molecule has 1 atom stereocenters. The third kappa shape index (κ3) is 3.39. The van der Waals surface area contributed by atoms with Crippen LogP contribution in [0, 0.1) is 5.92 Å². The number of benzene rings is 2. The summed E-state index contributed by atoms with van der Waals surface area (Å²) in [5.41, 5.74) is 4.79. The topological polar surface area (TPSA) is 58.6 Å². The van der Waals surface area contributed by atoms with Crippen LogP contribution in [0.25, 0.3) is 11.1 Å². The fourth-order valence-corrected chi connectivity index (χ4v) is 4.23. The lowest BCUT2D eigenvalue weighted by molar-refractivity contribution is -0.154. The SMILES string of the molecule is O=C(OCC1c2ccccc2-c2ccccc21)C(O)CC1CCNCC1. The minimum atomic E-state index is -1.02. The van der Waals surface area contributed by atoms with Gasteiger partial charge < -0.3 is 15.2 Å². The van der Waals surface area contributed by atoms with Gasteiger partial charge in [-0.3, -0.25) is 0 Å². The molecule has 2 aromatic carbocycles. The number of piperidine rings is 1. The first-order chi connectivity index (χ1) is 12.7. The molecule has 4 rings (SSSR count). The highest BCUT2D eigenvalue weighted by Crippen LogP contribution is 2.44. The second-order valence-corrected chi connectivity index (χ2v) is 7.30. The van der Waals surface area contributed by atoms with Gasteiger partial charge in [0.15, 0.2) is 6.10 Å². The molecule has 0 bridgehead atoms. The molecule has 1 unspecified atom stereocenters. The van der Waals surface area contributed by atoms with Crippen molar-refractivity contribution in [3.63, 3.8) is 0 Å². The van der Waals surface area contributed by atoms with Crippen molar-refractivity contribution in [2.24, 2.45) is 5.92 Å². The van der Waals surface area contributed by atoms with E-state index in [1.807, 2.05) is 24.3 Å². The number of hydrogen-bond acceptors (Lipinski definition) is 4. The summed E-state index contributed by atoms with van der Waals surface area (Å²) < 4.78 is 5.54. The molecule has 0 radical (unpaired) electrons. The smallest absolute Gasteiger partial charge is 0.334 e. The molecule has 0 saturated carbocycles. The van der Waals surface area contributed by atoms with E-state index in [1.54, 1.807) is 0 Å². The van der Waals surface area contributed by atoms with E-state index in [0.717, 1.165) is 25.9 Å². The molecule has 2 aliphatic rings. The van der Waals surface area contributed by atoms with Gasteiger partial charge in [0.05, 0.1) is 0 Å². The standard InChI is InChI=1S/C22H25NO3/c24-21(13-15-9-11-23-12-10-15)22(25)26-14-20-18-7-3-1-5-16(18)17-6-2-4-8-19(17)20/h1-8,15,20-21,23-24H,9-14H2. The van der Waals surface area contributed by atoms with Crippen LogP contribution in [0.2, 0.25) is 0 Å². The van der Waals surface area contributed by atoms with Crippen LogP contribution in [0.4, 0.5) is 0 Å². The Morgan fingerprint density at radius 1 is 1.04 bits per heavy atom. The first kappa shape index (κ1) is 17.3. The van der Waals surface area contributed by atoms with Gasteiger partial charge in [0.25, 0.3) is 0 Å². The van der Waals surface area contributed by atoms with Crippen LogP contribution in [-0.2, 0) is 9.53 Å². The fraction of sp³-hybridized carbons (Fsp3) is 0.409. The predicted octanol–water partition coefficient (Wildman–Crippen LogP) is 3.09. The summed E-state index contributed by atoms with van der Waals surface area (Å²) in [6.45, 7) is 2.19. The second kappa shape index (κ2) is 7.60. The Kier molecular flexibility index (Phi) is 5.05. The molecule has 2 aromatic rings. The van der Waals surface area contributed by atoms with Crippen molar-refractivity contribution in [3.8, 4) is 11.1 Å². The van der Waals surface area contributed by atoms with Crippen LogP contribution in [-0.4, -0.2) is 36.9 Å². The molecule has 4 heteroatoms. The van der Waals surface area contributed by atoms with E-state index in [9.17, 15) is 9.90 Å². The molecule has 1 saturated heterocycles. The van der Waals surface area contributed by atoms with Crippen molar-refractivity contribution >= 4 is 5.97 Å². The number of carbonyl (C=O) groups excluding carboxylic acids is 1. The molecular formula is C22H25NO3. The van der Waals surface area contributed by atoms with Crippen LogP contribution >= 0.6 is 0 Å². The van der Waals surface area contributed by atoms with Crippen molar-refractivity contribution in [1.29, 1.82) is 0 Å². The maximum absolute atomic E-state index is 12.3. The van der Waals surface area contributed by atoms with E-state index in [0.29, 0.717) is 12.3 Å². The summed E-state index contributed by atoms with van der Waals surface area (Å²) in [6.07, 6.45) is 1.49. The molecule has 1 heterocycles. The van der Waals surface area contributed by atoms with E-state index < -0.39 is 12.1 Å². The minimum Gasteiger partial charge on any atom is -0.463 e. The van der Waals surface area contributed by atoms with Crippen LogP contribution < -0.4 is 5.32 Å². The summed E-state index contributed by atoms with van der Waals surface area (Å²) in [6, 6.07) is 16.5. The fourth-order valence-electron chi connectivity index (χ4n) is 4.23. The number of aliphatic hydroxyl groups is 1. The first-order valence-corrected chi connectivity index (χ1v) is 9.47. The number of rotatable bonds is 5. The molecule has 1 fully saturated rings. The summed E-state index contributed by atoms with van der Waals surface area (Å²) >= 11 is 0. The molecule has 4 nitrogen and oxygen atoms in total. The Hall–Kier alpha value is -2.17. The number of nitrogens with one attached hydrogen (secondary N) is 1. The molecule has 1 aliphatic carbocycles. The van der Waals surface area contributed by atoms with E-state index in [4.69, 9.17) is 4.74 Å². The minimum absolute atomic E-state index is 0.0393. The lowest BCUT2D eigenvalue weighted by atomic mass is 9.92. The molecular weight excluding hydrogens is 326 g/mol. The first-order valence-electron chi connectivity index (χ1n) is 9.47. The average molecular weight is 351 g/mol.